The summed E-state index contributed by atoms with van der Waals surface area (Å²) in [6.45, 7) is 0. The molecule has 0 unspecified atom stereocenters. The molecule has 8 heteroatoms. The highest BCUT2D eigenvalue weighted by atomic mass is 19.1. The average Bonchev–Trinajstić information content (AvgIpc) is 3.16. The van der Waals surface area contributed by atoms with Gasteiger partial charge in [0, 0.05) is 6.04 Å². The standard InChI is InChI=1S/C17H12FN5O2/c18-10-6-19-16-14(9-1-4-13-12(5-9)20-8-25-13)15(22-23(16)7-10)17(24)21-11-2-3-11/h1,4-8,11H,2-3H2,(H,21,24). The summed E-state index contributed by atoms with van der Waals surface area (Å²) in [5.74, 6) is -0.814. The van der Waals surface area contributed by atoms with Crippen LogP contribution in [0.25, 0.3) is 27.9 Å². The third kappa shape index (κ3) is 2.34. The number of oxazole rings is 1. The van der Waals surface area contributed by atoms with E-state index >= 15 is 0 Å². The van der Waals surface area contributed by atoms with Crippen molar-refractivity contribution in [2.24, 2.45) is 0 Å². The van der Waals surface area contributed by atoms with E-state index in [0.717, 1.165) is 24.6 Å². The van der Waals surface area contributed by atoms with E-state index in [1.165, 1.54) is 17.1 Å². The van der Waals surface area contributed by atoms with E-state index in [-0.39, 0.29) is 17.6 Å². The van der Waals surface area contributed by atoms with Gasteiger partial charge >= 0.3 is 0 Å². The fourth-order valence-electron chi connectivity index (χ4n) is 2.83. The number of fused-ring (bicyclic) bond motifs is 2. The number of amides is 1. The fraction of sp³-hybridized carbons (Fsp3) is 0.176. The summed E-state index contributed by atoms with van der Waals surface area (Å²) in [4.78, 5) is 20.9. The predicted molar refractivity (Wildman–Crippen MR) is 86.4 cm³/mol. The van der Waals surface area contributed by atoms with Gasteiger partial charge in [-0.3, -0.25) is 4.79 Å². The van der Waals surface area contributed by atoms with Gasteiger partial charge in [-0.15, -0.1) is 0 Å². The summed E-state index contributed by atoms with van der Waals surface area (Å²) in [5, 5.41) is 7.17. The molecule has 7 nitrogen and oxygen atoms in total. The zero-order valence-corrected chi connectivity index (χ0v) is 12.9. The lowest BCUT2D eigenvalue weighted by Crippen LogP contribution is -2.26. The molecule has 1 saturated carbocycles. The zero-order chi connectivity index (χ0) is 17.0. The molecule has 1 aromatic carbocycles. The number of aromatic nitrogens is 4. The third-order valence-electron chi connectivity index (χ3n) is 4.19. The molecule has 1 aliphatic rings. The maximum Gasteiger partial charge on any atom is 0.272 e. The van der Waals surface area contributed by atoms with E-state index in [9.17, 15) is 9.18 Å². The summed E-state index contributed by atoms with van der Waals surface area (Å²) in [6.07, 6.45) is 5.60. The van der Waals surface area contributed by atoms with Gasteiger partial charge in [-0.05, 0) is 30.5 Å². The van der Waals surface area contributed by atoms with Gasteiger partial charge in [0.15, 0.2) is 29.1 Å². The molecule has 4 aromatic rings. The molecule has 1 fully saturated rings. The van der Waals surface area contributed by atoms with Crippen LogP contribution >= 0.6 is 0 Å². The minimum Gasteiger partial charge on any atom is -0.443 e. The molecule has 1 amide bonds. The van der Waals surface area contributed by atoms with Crippen molar-refractivity contribution in [2.45, 2.75) is 18.9 Å². The van der Waals surface area contributed by atoms with Crippen LogP contribution in [0.5, 0.6) is 0 Å². The van der Waals surface area contributed by atoms with Gasteiger partial charge in [-0.2, -0.15) is 5.10 Å². The van der Waals surface area contributed by atoms with E-state index < -0.39 is 5.82 Å². The zero-order valence-electron chi connectivity index (χ0n) is 12.9. The molecule has 0 radical (unpaired) electrons. The lowest BCUT2D eigenvalue weighted by Gasteiger charge is -2.04. The Hall–Kier alpha value is -3.29. The molecule has 3 heterocycles. The number of nitrogens with zero attached hydrogens (tertiary/aromatic N) is 4. The molecule has 124 valence electrons. The van der Waals surface area contributed by atoms with Crippen molar-refractivity contribution in [3.8, 4) is 11.1 Å². The number of benzene rings is 1. The van der Waals surface area contributed by atoms with E-state index in [0.29, 0.717) is 22.3 Å². The molecule has 3 aromatic heterocycles. The van der Waals surface area contributed by atoms with Crippen molar-refractivity contribution in [1.29, 1.82) is 0 Å². The molecule has 0 saturated heterocycles. The molecule has 0 spiro atoms. The van der Waals surface area contributed by atoms with Gasteiger partial charge < -0.3 is 9.73 Å². The lowest BCUT2D eigenvalue weighted by atomic mass is 10.0. The van der Waals surface area contributed by atoms with Crippen molar-refractivity contribution in [2.75, 3.05) is 0 Å². The lowest BCUT2D eigenvalue weighted by molar-refractivity contribution is 0.0946. The molecule has 0 bridgehead atoms. The molecular formula is C17H12FN5O2. The minimum absolute atomic E-state index is 0.188. The van der Waals surface area contributed by atoms with E-state index in [1.807, 2.05) is 6.07 Å². The Morgan fingerprint density at radius 2 is 2.20 bits per heavy atom. The molecule has 0 atom stereocenters. The Balaban J connectivity index is 1.74. The fourth-order valence-corrected chi connectivity index (χ4v) is 2.83. The quantitative estimate of drug-likeness (QED) is 0.621. The Bertz CT molecular complexity index is 1130. The maximum absolute atomic E-state index is 13.5. The molecule has 0 aliphatic heterocycles. The highest BCUT2D eigenvalue weighted by Gasteiger charge is 2.28. The Kier molecular flexibility index (Phi) is 2.87. The van der Waals surface area contributed by atoms with Crippen molar-refractivity contribution < 1.29 is 13.6 Å². The highest BCUT2D eigenvalue weighted by Crippen LogP contribution is 2.30. The van der Waals surface area contributed by atoms with Crippen molar-refractivity contribution >= 4 is 22.7 Å². The number of rotatable bonds is 3. The van der Waals surface area contributed by atoms with Gasteiger partial charge in [0.25, 0.3) is 5.91 Å². The van der Waals surface area contributed by atoms with Crippen LogP contribution in [-0.4, -0.2) is 31.5 Å². The third-order valence-corrected chi connectivity index (χ3v) is 4.19. The Labute approximate surface area is 140 Å². The van der Waals surface area contributed by atoms with E-state index in [2.05, 4.69) is 20.4 Å². The van der Waals surface area contributed by atoms with Crippen molar-refractivity contribution in [3.63, 3.8) is 0 Å². The molecular weight excluding hydrogens is 325 g/mol. The Morgan fingerprint density at radius 3 is 3.04 bits per heavy atom. The van der Waals surface area contributed by atoms with Crippen LogP contribution in [0, 0.1) is 5.82 Å². The number of hydrogen-bond donors (Lipinski definition) is 1. The molecule has 25 heavy (non-hydrogen) atoms. The second-order valence-electron chi connectivity index (χ2n) is 6.05. The van der Waals surface area contributed by atoms with E-state index in [1.54, 1.807) is 12.1 Å². The van der Waals surface area contributed by atoms with Gasteiger partial charge in [-0.1, -0.05) is 6.07 Å². The van der Waals surface area contributed by atoms with E-state index in [4.69, 9.17) is 4.42 Å². The summed E-state index contributed by atoms with van der Waals surface area (Å²) in [6, 6.07) is 5.57. The monoisotopic (exact) mass is 337 g/mol. The van der Waals surface area contributed by atoms with Gasteiger partial charge in [-0.25, -0.2) is 18.9 Å². The topological polar surface area (TPSA) is 85.3 Å². The summed E-state index contributed by atoms with van der Waals surface area (Å²) >= 11 is 0. The second-order valence-corrected chi connectivity index (χ2v) is 6.05. The minimum atomic E-state index is -0.525. The number of halogens is 1. The van der Waals surface area contributed by atoms with Crippen LogP contribution in [0.4, 0.5) is 4.39 Å². The highest BCUT2D eigenvalue weighted by molar-refractivity contribution is 6.03. The van der Waals surface area contributed by atoms with Gasteiger partial charge in [0.2, 0.25) is 0 Å². The van der Waals surface area contributed by atoms with Crippen LogP contribution in [0.3, 0.4) is 0 Å². The van der Waals surface area contributed by atoms with Crippen LogP contribution in [0.2, 0.25) is 0 Å². The summed E-state index contributed by atoms with van der Waals surface area (Å²) in [5.41, 5.74) is 3.19. The largest absolute Gasteiger partial charge is 0.443 e. The normalized spacial score (nSPS) is 14.3. The first-order valence-electron chi connectivity index (χ1n) is 7.87. The first-order valence-corrected chi connectivity index (χ1v) is 7.87. The van der Waals surface area contributed by atoms with Crippen LogP contribution < -0.4 is 5.32 Å². The van der Waals surface area contributed by atoms with Crippen LogP contribution in [0.15, 0.2) is 41.4 Å². The molecule has 1 N–H and O–H groups in total. The number of hydrogen-bond acceptors (Lipinski definition) is 5. The van der Waals surface area contributed by atoms with Crippen LogP contribution in [-0.2, 0) is 0 Å². The second kappa shape index (κ2) is 5.10. The summed E-state index contributed by atoms with van der Waals surface area (Å²) < 4.78 is 20.1. The SMILES string of the molecule is O=C(NC1CC1)c1nn2cc(F)cnc2c1-c1ccc2ocnc2c1. The molecule has 1 aliphatic carbocycles. The number of carbonyl (C=O) groups is 1. The van der Waals surface area contributed by atoms with Crippen molar-refractivity contribution in [1.82, 2.24) is 24.9 Å². The smallest absolute Gasteiger partial charge is 0.272 e. The first kappa shape index (κ1) is 14.1. The van der Waals surface area contributed by atoms with Gasteiger partial charge in [0.1, 0.15) is 5.52 Å². The summed E-state index contributed by atoms with van der Waals surface area (Å²) in [7, 11) is 0. The Morgan fingerprint density at radius 1 is 1.32 bits per heavy atom. The number of nitrogens with one attached hydrogen (secondary N) is 1. The van der Waals surface area contributed by atoms with Gasteiger partial charge in [0.05, 0.1) is 18.0 Å². The predicted octanol–water partition coefficient (Wildman–Crippen LogP) is 2.57. The number of carbonyl (C=O) groups excluding carboxylic acids is 1. The van der Waals surface area contributed by atoms with Crippen LogP contribution in [0.1, 0.15) is 23.3 Å². The van der Waals surface area contributed by atoms with Crippen molar-refractivity contribution in [3.05, 3.63) is 48.5 Å². The first-order chi connectivity index (χ1) is 12.2. The average molecular weight is 337 g/mol. The maximum atomic E-state index is 13.5. The molecule has 5 rings (SSSR count).